The molecule has 2 aliphatic rings. The summed E-state index contributed by atoms with van der Waals surface area (Å²) in [6.07, 6.45) is 2.55. The van der Waals surface area contributed by atoms with Crippen LogP contribution < -0.4 is 0 Å². The van der Waals surface area contributed by atoms with Gasteiger partial charge in [0, 0.05) is 5.92 Å². The standard InChI is InChI=1S/C10H15N3O2S/c16-10-12-11-9(7-1-2-7)13(10)5-8-6-14-3-4-15-8/h7-8H,1-6H2,(H,12,16). The van der Waals surface area contributed by atoms with Gasteiger partial charge in [-0.2, -0.15) is 5.10 Å². The first-order valence-electron chi connectivity index (χ1n) is 5.69. The average Bonchev–Trinajstić information content (AvgIpc) is 3.08. The Morgan fingerprint density at radius 1 is 1.44 bits per heavy atom. The normalized spacial score (nSPS) is 25.9. The van der Waals surface area contributed by atoms with Gasteiger partial charge < -0.3 is 14.0 Å². The van der Waals surface area contributed by atoms with Gasteiger partial charge in [0.05, 0.1) is 32.5 Å². The average molecular weight is 241 g/mol. The molecule has 1 saturated heterocycles. The first kappa shape index (κ1) is 10.4. The van der Waals surface area contributed by atoms with Crippen LogP contribution in [0, 0.1) is 4.77 Å². The zero-order valence-corrected chi connectivity index (χ0v) is 9.83. The molecule has 1 saturated carbocycles. The molecule has 16 heavy (non-hydrogen) atoms. The molecule has 0 spiro atoms. The van der Waals surface area contributed by atoms with Crippen LogP contribution in [0.1, 0.15) is 24.6 Å². The second kappa shape index (κ2) is 4.27. The van der Waals surface area contributed by atoms with E-state index in [-0.39, 0.29) is 6.10 Å². The zero-order valence-electron chi connectivity index (χ0n) is 9.02. The van der Waals surface area contributed by atoms with Gasteiger partial charge >= 0.3 is 0 Å². The van der Waals surface area contributed by atoms with Crippen LogP contribution in [-0.4, -0.2) is 40.7 Å². The third-order valence-electron chi connectivity index (χ3n) is 3.00. The number of nitrogens with zero attached hydrogens (tertiary/aromatic N) is 2. The van der Waals surface area contributed by atoms with Gasteiger partial charge in [0.15, 0.2) is 4.77 Å². The Bertz CT molecular complexity index is 418. The molecular weight excluding hydrogens is 226 g/mol. The van der Waals surface area contributed by atoms with Crippen LogP contribution in [0.5, 0.6) is 0 Å². The lowest BCUT2D eigenvalue weighted by Gasteiger charge is -2.23. The van der Waals surface area contributed by atoms with Gasteiger partial charge in [0.25, 0.3) is 0 Å². The Kier molecular flexibility index (Phi) is 2.79. The van der Waals surface area contributed by atoms with Gasteiger partial charge in [0.2, 0.25) is 0 Å². The lowest BCUT2D eigenvalue weighted by atomic mass is 10.3. The van der Waals surface area contributed by atoms with E-state index in [0.717, 1.165) is 12.4 Å². The number of nitrogens with one attached hydrogen (secondary N) is 1. The van der Waals surface area contributed by atoms with Crippen molar-refractivity contribution in [3.8, 4) is 0 Å². The van der Waals surface area contributed by atoms with Gasteiger partial charge in [-0.05, 0) is 25.1 Å². The van der Waals surface area contributed by atoms with Crippen molar-refractivity contribution in [1.82, 2.24) is 14.8 Å². The number of rotatable bonds is 3. The quantitative estimate of drug-likeness (QED) is 0.809. The molecule has 0 radical (unpaired) electrons. The largest absolute Gasteiger partial charge is 0.376 e. The Morgan fingerprint density at radius 3 is 3.00 bits per heavy atom. The van der Waals surface area contributed by atoms with Crippen molar-refractivity contribution in [2.45, 2.75) is 31.4 Å². The number of ether oxygens (including phenoxy) is 2. The molecule has 1 aromatic heterocycles. The first-order chi connectivity index (χ1) is 7.84. The number of aromatic amines is 1. The fraction of sp³-hybridized carbons (Fsp3) is 0.800. The van der Waals surface area contributed by atoms with Crippen molar-refractivity contribution in [2.24, 2.45) is 0 Å². The Balaban J connectivity index is 1.76. The van der Waals surface area contributed by atoms with Crippen molar-refractivity contribution in [3.05, 3.63) is 10.6 Å². The van der Waals surface area contributed by atoms with E-state index in [1.165, 1.54) is 12.8 Å². The molecule has 0 bridgehead atoms. The molecule has 1 unspecified atom stereocenters. The minimum atomic E-state index is 0.107. The summed E-state index contributed by atoms with van der Waals surface area (Å²) in [5, 5.41) is 7.16. The molecule has 88 valence electrons. The van der Waals surface area contributed by atoms with Crippen LogP contribution in [0.2, 0.25) is 0 Å². The van der Waals surface area contributed by atoms with Crippen molar-refractivity contribution in [3.63, 3.8) is 0 Å². The summed E-state index contributed by atoms with van der Waals surface area (Å²) in [5.74, 6) is 1.68. The van der Waals surface area contributed by atoms with E-state index in [1.807, 2.05) is 0 Å². The molecule has 0 amide bonds. The molecule has 3 rings (SSSR count). The van der Waals surface area contributed by atoms with E-state index in [9.17, 15) is 0 Å². The number of aromatic nitrogens is 3. The van der Waals surface area contributed by atoms with Gasteiger partial charge in [-0.1, -0.05) is 0 Å². The van der Waals surface area contributed by atoms with Gasteiger partial charge in [-0.15, -0.1) is 0 Å². The summed E-state index contributed by atoms with van der Waals surface area (Å²) in [6, 6.07) is 0. The summed E-state index contributed by atoms with van der Waals surface area (Å²) in [4.78, 5) is 0. The maximum absolute atomic E-state index is 5.63. The highest BCUT2D eigenvalue weighted by atomic mass is 32.1. The predicted octanol–water partition coefficient (Wildman–Crippen LogP) is 1.23. The van der Waals surface area contributed by atoms with E-state index in [2.05, 4.69) is 14.8 Å². The van der Waals surface area contributed by atoms with Gasteiger partial charge in [-0.3, -0.25) is 5.10 Å². The van der Waals surface area contributed by atoms with E-state index in [1.54, 1.807) is 0 Å². The lowest BCUT2D eigenvalue weighted by Crippen LogP contribution is -2.32. The van der Waals surface area contributed by atoms with Gasteiger partial charge in [-0.25, -0.2) is 0 Å². The highest BCUT2D eigenvalue weighted by Crippen LogP contribution is 2.38. The molecule has 1 aliphatic carbocycles. The summed E-state index contributed by atoms with van der Waals surface area (Å²) in [6.45, 7) is 2.77. The molecule has 1 aromatic rings. The van der Waals surface area contributed by atoms with Gasteiger partial charge in [0.1, 0.15) is 5.82 Å². The van der Waals surface area contributed by atoms with E-state index in [0.29, 0.717) is 30.5 Å². The first-order valence-corrected chi connectivity index (χ1v) is 6.10. The summed E-state index contributed by atoms with van der Waals surface area (Å²) in [7, 11) is 0. The topological polar surface area (TPSA) is 52.1 Å². The van der Waals surface area contributed by atoms with Crippen molar-refractivity contribution >= 4 is 12.2 Å². The Labute approximate surface area is 98.8 Å². The highest BCUT2D eigenvalue weighted by molar-refractivity contribution is 7.71. The van der Waals surface area contributed by atoms with E-state index < -0.39 is 0 Å². The molecule has 6 heteroatoms. The number of H-pyrrole nitrogens is 1. The van der Waals surface area contributed by atoms with Crippen LogP contribution in [0.25, 0.3) is 0 Å². The fourth-order valence-electron chi connectivity index (χ4n) is 2.01. The molecular formula is C10H15N3O2S. The number of hydrogen-bond donors (Lipinski definition) is 1. The molecule has 1 atom stereocenters. The summed E-state index contributed by atoms with van der Waals surface area (Å²) >= 11 is 5.24. The van der Waals surface area contributed by atoms with Crippen LogP contribution >= 0.6 is 12.2 Å². The minimum absolute atomic E-state index is 0.107. The molecule has 0 aromatic carbocycles. The molecule has 2 fully saturated rings. The molecule has 1 aliphatic heterocycles. The molecule has 2 heterocycles. The monoisotopic (exact) mass is 241 g/mol. The summed E-state index contributed by atoms with van der Waals surface area (Å²) in [5.41, 5.74) is 0. The van der Waals surface area contributed by atoms with Crippen LogP contribution in [0.4, 0.5) is 0 Å². The molecule has 1 N–H and O–H groups in total. The Hall–Kier alpha value is -0.720. The van der Waals surface area contributed by atoms with Crippen LogP contribution in [0.15, 0.2) is 0 Å². The second-order valence-electron chi connectivity index (χ2n) is 4.34. The molecule has 5 nitrogen and oxygen atoms in total. The smallest absolute Gasteiger partial charge is 0.195 e. The highest BCUT2D eigenvalue weighted by Gasteiger charge is 2.30. The maximum atomic E-state index is 5.63. The fourth-order valence-corrected chi connectivity index (χ4v) is 2.22. The summed E-state index contributed by atoms with van der Waals surface area (Å²) < 4.78 is 13.8. The SMILES string of the molecule is S=c1[nH]nc(C2CC2)n1CC1COCCO1. The van der Waals surface area contributed by atoms with Crippen LogP contribution in [0.3, 0.4) is 0 Å². The van der Waals surface area contributed by atoms with Crippen molar-refractivity contribution in [2.75, 3.05) is 19.8 Å². The van der Waals surface area contributed by atoms with E-state index >= 15 is 0 Å². The second-order valence-corrected chi connectivity index (χ2v) is 4.73. The maximum Gasteiger partial charge on any atom is 0.195 e. The Morgan fingerprint density at radius 2 is 2.31 bits per heavy atom. The zero-order chi connectivity index (χ0) is 11.0. The van der Waals surface area contributed by atoms with Crippen molar-refractivity contribution in [1.29, 1.82) is 0 Å². The third-order valence-corrected chi connectivity index (χ3v) is 3.31. The van der Waals surface area contributed by atoms with Crippen molar-refractivity contribution < 1.29 is 9.47 Å². The lowest BCUT2D eigenvalue weighted by molar-refractivity contribution is -0.0939. The number of hydrogen-bond acceptors (Lipinski definition) is 4. The third kappa shape index (κ3) is 2.05. The van der Waals surface area contributed by atoms with Crippen LogP contribution in [-0.2, 0) is 16.0 Å². The van der Waals surface area contributed by atoms with E-state index in [4.69, 9.17) is 21.7 Å². The predicted molar refractivity (Wildman–Crippen MR) is 59.9 cm³/mol. The minimum Gasteiger partial charge on any atom is -0.376 e.